The van der Waals surface area contributed by atoms with E-state index < -0.39 is 18.0 Å². The third-order valence-corrected chi connectivity index (χ3v) is 4.76. The Kier molecular flexibility index (Phi) is 5.65. The first-order valence-electron chi connectivity index (χ1n) is 7.37. The van der Waals surface area contributed by atoms with Crippen LogP contribution in [-0.2, 0) is 4.79 Å². The molecule has 4 nitrogen and oxygen atoms in total. The quantitative estimate of drug-likeness (QED) is 0.842. The first kappa shape index (κ1) is 16.3. The standard InChI is InChI=1S/C16H21BrO4/c1-2-21-14-8-7-10(9-13(14)17)15(18)11-5-3-4-6-12(11)16(19)20/h7-9,11-12,15,18H,2-6H2,1H3,(H,19,20). The Morgan fingerprint density at radius 1 is 1.43 bits per heavy atom. The molecule has 116 valence electrons. The van der Waals surface area contributed by atoms with Crippen molar-refractivity contribution in [1.82, 2.24) is 0 Å². The Balaban J connectivity index is 2.20. The fraction of sp³-hybridized carbons (Fsp3) is 0.562. The maximum Gasteiger partial charge on any atom is 0.306 e. The number of aliphatic carboxylic acids is 1. The minimum Gasteiger partial charge on any atom is -0.493 e. The maximum atomic E-state index is 11.4. The first-order valence-corrected chi connectivity index (χ1v) is 8.17. The fourth-order valence-corrected chi connectivity index (χ4v) is 3.58. The number of hydrogen-bond acceptors (Lipinski definition) is 3. The fourth-order valence-electron chi connectivity index (χ4n) is 3.06. The molecule has 3 atom stereocenters. The van der Waals surface area contributed by atoms with Gasteiger partial charge in [0, 0.05) is 5.92 Å². The van der Waals surface area contributed by atoms with E-state index in [1.807, 2.05) is 25.1 Å². The molecule has 0 saturated heterocycles. The zero-order valence-electron chi connectivity index (χ0n) is 12.1. The summed E-state index contributed by atoms with van der Waals surface area (Å²) in [6.07, 6.45) is 2.55. The molecule has 0 bridgehead atoms. The summed E-state index contributed by atoms with van der Waals surface area (Å²) in [5.41, 5.74) is 0.739. The van der Waals surface area contributed by atoms with Gasteiger partial charge in [0.25, 0.3) is 0 Å². The summed E-state index contributed by atoms with van der Waals surface area (Å²) in [6, 6.07) is 5.45. The lowest BCUT2D eigenvalue weighted by Gasteiger charge is -2.32. The first-order chi connectivity index (χ1) is 10.0. The van der Waals surface area contributed by atoms with Gasteiger partial charge in [0.2, 0.25) is 0 Å². The topological polar surface area (TPSA) is 66.8 Å². The van der Waals surface area contributed by atoms with Crippen LogP contribution in [0, 0.1) is 11.8 Å². The minimum absolute atomic E-state index is 0.221. The molecule has 0 aliphatic heterocycles. The molecule has 1 aliphatic rings. The van der Waals surface area contributed by atoms with E-state index in [4.69, 9.17) is 4.74 Å². The lowest BCUT2D eigenvalue weighted by atomic mass is 9.74. The van der Waals surface area contributed by atoms with E-state index in [0.29, 0.717) is 13.0 Å². The molecule has 1 aromatic rings. The summed E-state index contributed by atoms with van der Waals surface area (Å²) in [5.74, 6) is -0.754. The molecule has 1 fully saturated rings. The number of carboxylic acids is 1. The summed E-state index contributed by atoms with van der Waals surface area (Å²) in [7, 11) is 0. The highest BCUT2D eigenvalue weighted by atomic mass is 79.9. The Morgan fingerprint density at radius 3 is 2.76 bits per heavy atom. The van der Waals surface area contributed by atoms with Gasteiger partial charge in [0.15, 0.2) is 0 Å². The number of carboxylic acid groups (broad SMARTS) is 1. The van der Waals surface area contributed by atoms with Crippen molar-refractivity contribution in [3.8, 4) is 5.75 Å². The molecule has 0 spiro atoms. The number of carbonyl (C=O) groups is 1. The van der Waals surface area contributed by atoms with Gasteiger partial charge in [-0.25, -0.2) is 0 Å². The van der Waals surface area contributed by atoms with Gasteiger partial charge in [0.1, 0.15) is 5.75 Å². The average molecular weight is 357 g/mol. The number of aliphatic hydroxyl groups is 1. The van der Waals surface area contributed by atoms with Crippen molar-refractivity contribution in [2.45, 2.75) is 38.7 Å². The molecule has 1 saturated carbocycles. The summed E-state index contributed by atoms with van der Waals surface area (Å²) < 4.78 is 6.23. The largest absolute Gasteiger partial charge is 0.493 e. The van der Waals surface area contributed by atoms with E-state index >= 15 is 0 Å². The molecule has 1 aliphatic carbocycles. The number of ether oxygens (including phenoxy) is 1. The molecule has 0 aromatic heterocycles. The van der Waals surface area contributed by atoms with Crippen molar-refractivity contribution >= 4 is 21.9 Å². The molecular weight excluding hydrogens is 336 g/mol. The number of aliphatic hydroxyl groups excluding tert-OH is 1. The number of benzene rings is 1. The van der Waals surface area contributed by atoms with Gasteiger partial charge in [-0.3, -0.25) is 4.79 Å². The second-order valence-electron chi connectivity index (χ2n) is 5.46. The van der Waals surface area contributed by atoms with Crippen LogP contribution in [-0.4, -0.2) is 22.8 Å². The third kappa shape index (κ3) is 3.77. The normalized spacial score (nSPS) is 23.6. The summed E-state index contributed by atoms with van der Waals surface area (Å²) in [6.45, 7) is 2.49. The van der Waals surface area contributed by atoms with Crippen LogP contribution in [0.1, 0.15) is 44.3 Å². The number of hydrogen-bond donors (Lipinski definition) is 2. The van der Waals surface area contributed by atoms with Crippen LogP contribution in [0.5, 0.6) is 5.75 Å². The van der Waals surface area contributed by atoms with Gasteiger partial charge in [-0.2, -0.15) is 0 Å². The molecule has 2 N–H and O–H groups in total. The van der Waals surface area contributed by atoms with Crippen LogP contribution in [0.4, 0.5) is 0 Å². The van der Waals surface area contributed by atoms with E-state index in [1.54, 1.807) is 0 Å². The Bertz CT molecular complexity index is 503. The van der Waals surface area contributed by atoms with Crippen LogP contribution in [0.15, 0.2) is 22.7 Å². The van der Waals surface area contributed by atoms with Crippen LogP contribution < -0.4 is 4.74 Å². The SMILES string of the molecule is CCOc1ccc(C(O)C2CCCCC2C(=O)O)cc1Br. The lowest BCUT2D eigenvalue weighted by molar-refractivity contribution is -0.147. The molecule has 1 aromatic carbocycles. The van der Waals surface area contributed by atoms with E-state index in [9.17, 15) is 15.0 Å². The van der Waals surface area contributed by atoms with Crippen molar-refractivity contribution in [2.75, 3.05) is 6.61 Å². The van der Waals surface area contributed by atoms with Crippen LogP contribution in [0.25, 0.3) is 0 Å². The minimum atomic E-state index is -0.802. The highest BCUT2D eigenvalue weighted by Crippen LogP contribution is 2.40. The van der Waals surface area contributed by atoms with Gasteiger partial charge in [-0.15, -0.1) is 0 Å². The third-order valence-electron chi connectivity index (χ3n) is 4.14. The Morgan fingerprint density at radius 2 is 2.14 bits per heavy atom. The van der Waals surface area contributed by atoms with E-state index in [-0.39, 0.29) is 5.92 Å². The Hall–Kier alpha value is -1.07. The molecule has 3 unspecified atom stereocenters. The van der Waals surface area contributed by atoms with Gasteiger partial charge in [-0.05, 0) is 53.4 Å². The summed E-state index contributed by atoms with van der Waals surface area (Å²) >= 11 is 3.43. The summed E-state index contributed by atoms with van der Waals surface area (Å²) in [4.78, 5) is 11.4. The van der Waals surface area contributed by atoms with Crippen molar-refractivity contribution < 1.29 is 19.7 Å². The molecular formula is C16H21BrO4. The molecule has 0 radical (unpaired) electrons. The van der Waals surface area contributed by atoms with Crippen molar-refractivity contribution in [3.05, 3.63) is 28.2 Å². The van der Waals surface area contributed by atoms with Crippen LogP contribution in [0.2, 0.25) is 0 Å². The number of halogens is 1. The van der Waals surface area contributed by atoms with E-state index in [2.05, 4.69) is 15.9 Å². The highest BCUT2D eigenvalue weighted by molar-refractivity contribution is 9.10. The smallest absolute Gasteiger partial charge is 0.306 e. The van der Waals surface area contributed by atoms with Gasteiger partial charge in [-0.1, -0.05) is 18.9 Å². The zero-order chi connectivity index (χ0) is 15.4. The Labute approximate surface area is 133 Å². The van der Waals surface area contributed by atoms with Gasteiger partial charge >= 0.3 is 5.97 Å². The van der Waals surface area contributed by atoms with Gasteiger partial charge < -0.3 is 14.9 Å². The molecule has 5 heteroatoms. The maximum absolute atomic E-state index is 11.4. The molecule has 0 amide bonds. The van der Waals surface area contributed by atoms with Crippen molar-refractivity contribution in [2.24, 2.45) is 11.8 Å². The predicted molar refractivity (Wildman–Crippen MR) is 83.4 cm³/mol. The van der Waals surface area contributed by atoms with Crippen molar-refractivity contribution in [1.29, 1.82) is 0 Å². The average Bonchev–Trinajstić information content (AvgIpc) is 2.48. The predicted octanol–water partition coefficient (Wildman–Crippen LogP) is 3.77. The molecule has 2 rings (SSSR count). The van der Waals surface area contributed by atoms with Gasteiger partial charge in [0.05, 0.1) is 23.1 Å². The second kappa shape index (κ2) is 7.27. The molecule has 0 heterocycles. The van der Waals surface area contributed by atoms with E-state index in [0.717, 1.165) is 35.0 Å². The lowest BCUT2D eigenvalue weighted by Crippen LogP contribution is -2.31. The zero-order valence-corrected chi connectivity index (χ0v) is 13.7. The van der Waals surface area contributed by atoms with Crippen molar-refractivity contribution in [3.63, 3.8) is 0 Å². The number of rotatable bonds is 5. The second-order valence-corrected chi connectivity index (χ2v) is 6.32. The monoisotopic (exact) mass is 356 g/mol. The highest BCUT2D eigenvalue weighted by Gasteiger charge is 2.36. The van der Waals surface area contributed by atoms with E-state index in [1.165, 1.54) is 0 Å². The van der Waals surface area contributed by atoms with Crippen LogP contribution in [0.3, 0.4) is 0 Å². The summed E-state index contributed by atoms with van der Waals surface area (Å²) in [5, 5.41) is 19.9. The van der Waals surface area contributed by atoms with Crippen LogP contribution >= 0.6 is 15.9 Å². The molecule has 21 heavy (non-hydrogen) atoms.